The maximum absolute atomic E-state index is 13.3. The fourth-order valence-electron chi connectivity index (χ4n) is 3.91. The molecule has 0 aromatic heterocycles. The number of sulfonamides is 1. The van der Waals surface area contributed by atoms with Gasteiger partial charge < -0.3 is 10.2 Å². The summed E-state index contributed by atoms with van der Waals surface area (Å²) < 4.78 is 26.0. The minimum Gasteiger partial charge on any atom is -0.352 e. The van der Waals surface area contributed by atoms with Crippen LogP contribution in [0.2, 0.25) is 5.02 Å². The zero-order valence-electron chi connectivity index (χ0n) is 20.9. The third-order valence-corrected chi connectivity index (χ3v) is 6.98. The largest absolute Gasteiger partial charge is 0.352 e. The van der Waals surface area contributed by atoms with E-state index in [4.69, 9.17) is 11.6 Å². The first-order chi connectivity index (χ1) is 16.5. The molecule has 0 fully saturated rings. The van der Waals surface area contributed by atoms with Crippen LogP contribution in [-0.2, 0) is 26.0 Å². The van der Waals surface area contributed by atoms with Gasteiger partial charge in [-0.25, -0.2) is 8.42 Å². The molecule has 2 aromatic rings. The Bertz CT molecular complexity index is 1080. The minimum absolute atomic E-state index is 0.0383. The van der Waals surface area contributed by atoms with Crippen molar-refractivity contribution in [3.05, 3.63) is 65.2 Å². The van der Waals surface area contributed by atoms with Crippen LogP contribution in [0.5, 0.6) is 0 Å². The molecule has 0 heterocycles. The minimum atomic E-state index is -3.56. The van der Waals surface area contributed by atoms with Gasteiger partial charge in [-0.3, -0.25) is 13.9 Å². The van der Waals surface area contributed by atoms with Gasteiger partial charge in [0.25, 0.3) is 0 Å². The van der Waals surface area contributed by atoms with Crippen molar-refractivity contribution in [2.45, 2.75) is 58.5 Å². The highest BCUT2D eigenvalue weighted by Gasteiger charge is 2.28. The fraction of sp³-hybridized carbons (Fsp3) is 0.462. The van der Waals surface area contributed by atoms with E-state index in [-0.39, 0.29) is 30.8 Å². The molecule has 1 N–H and O–H groups in total. The van der Waals surface area contributed by atoms with Crippen LogP contribution >= 0.6 is 11.6 Å². The van der Waals surface area contributed by atoms with Crippen molar-refractivity contribution in [2.75, 3.05) is 23.7 Å². The Morgan fingerprint density at radius 1 is 1.03 bits per heavy atom. The Balaban J connectivity index is 2.15. The Kier molecular flexibility index (Phi) is 11.0. The topological polar surface area (TPSA) is 86.8 Å². The average molecular weight is 522 g/mol. The van der Waals surface area contributed by atoms with E-state index in [1.165, 1.54) is 4.31 Å². The second-order valence-electron chi connectivity index (χ2n) is 8.83. The molecule has 0 radical (unpaired) electrons. The van der Waals surface area contributed by atoms with Crippen LogP contribution in [0.15, 0.2) is 54.6 Å². The Labute approximate surface area is 214 Å². The van der Waals surface area contributed by atoms with E-state index in [9.17, 15) is 18.0 Å². The quantitative estimate of drug-likeness (QED) is 0.426. The number of halogens is 1. The van der Waals surface area contributed by atoms with E-state index in [1.54, 1.807) is 29.2 Å². The molecule has 0 saturated heterocycles. The molecule has 1 atom stereocenters. The molecule has 7 nitrogen and oxygen atoms in total. The highest BCUT2D eigenvalue weighted by atomic mass is 35.5. The maximum Gasteiger partial charge on any atom is 0.242 e. The monoisotopic (exact) mass is 521 g/mol. The molecular formula is C26H36ClN3O4S. The van der Waals surface area contributed by atoms with Gasteiger partial charge in [0, 0.05) is 30.6 Å². The van der Waals surface area contributed by atoms with E-state index >= 15 is 0 Å². The van der Waals surface area contributed by atoms with Crippen LogP contribution in [0.1, 0.15) is 45.6 Å². The molecule has 2 aromatic carbocycles. The van der Waals surface area contributed by atoms with Gasteiger partial charge in [0.1, 0.15) is 6.04 Å². The first-order valence-corrected chi connectivity index (χ1v) is 14.1. The summed E-state index contributed by atoms with van der Waals surface area (Å²) in [5.41, 5.74) is 1.53. The lowest BCUT2D eigenvalue weighted by molar-refractivity contribution is -0.141. The number of carbonyl (C=O) groups is 2. The zero-order chi connectivity index (χ0) is 26.0. The van der Waals surface area contributed by atoms with E-state index in [1.807, 2.05) is 51.1 Å². The molecule has 9 heteroatoms. The fourth-order valence-corrected chi connectivity index (χ4v) is 5.05. The van der Waals surface area contributed by atoms with E-state index in [0.717, 1.165) is 11.8 Å². The normalized spacial score (nSPS) is 12.3. The number of amides is 2. The lowest BCUT2D eigenvalue weighted by atomic mass is 10.1. The standard InChI is InChI=1S/C26H36ClN3O4S/c1-5-24(26(32)28-20(2)3)29(18-16-21-11-7-6-8-12-21)25(31)15-10-17-30(35(4,33)34)23-14-9-13-22(27)19-23/h6-9,11-14,19-20,24H,5,10,15-18H2,1-4H3,(H,28,32). The first-order valence-electron chi connectivity index (χ1n) is 11.9. The Hall–Kier alpha value is -2.58. The van der Waals surface area contributed by atoms with Crippen molar-refractivity contribution in [3.8, 4) is 0 Å². The summed E-state index contributed by atoms with van der Waals surface area (Å²) >= 11 is 6.05. The van der Waals surface area contributed by atoms with Crippen molar-refractivity contribution >= 4 is 39.1 Å². The van der Waals surface area contributed by atoms with Crippen molar-refractivity contribution in [3.63, 3.8) is 0 Å². The predicted molar refractivity (Wildman–Crippen MR) is 142 cm³/mol. The average Bonchev–Trinajstić information content (AvgIpc) is 2.78. The zero-order valence-corrected chi connectivity index (χ0v) is 22.5. The van der Waals surface area contributed by atoms with Crippen LogP contribution in [0, 0.1) is 0 Å². The van der Waals surface area contributed by atoms with Crippen LogP contribution < -0.4 is 9.62 Å². The molecule has 0 bridgehead atoms. The smallest absolute Gasteiger partial charge is 0.242 e. The summed E-state index contributed by atoms with van der Waals surface area (Å²) in [5, 5.41) is 3.35. The SMILES string of the molecule is CCC(C(=O)NC(C)C)N(CCc1ccccc1)C(=O)CCCN(c1cccc(Cl)c1)S(C)(=O)=O. The highest BCUT2D eigenvalue weighted by Crippen LogP contribution is 2.22. The number of anilines is 1. The summed E-state index contributed by atoms with van der Waals surface area (Å²) in [6, 6.07) is 15.8. The van der Waals surface area contributed by atoms with Gasteiger partial charge in [-0.2, -0.15) is 0 Å². The molecular weight excluding hydrogens is 486 g/mol. The van der Waals surface area contributed by atoms with E-state index < -0.39 is 16.1 Å². The number of carbonyl (C=O) groups excluding carboxylic acids is 2. The van der Waals surface area contributed by atoms with Crippen molar-refractivity contribution in [1.82, 2.24) is 10.2 Å². The number of benzene rings is 2. The van der Waals surface area contributed by atoms with Crippen LogP contribution in [-0.4, -0.2) is 56.6 Å². The van der Waals surface area contributed by atoms with Crippen molar-refractivity contribution < 1.29 is 18.0 Å². The molecule has 1 unspecified atom stereocenters. The second kappa shape index (κ2) is 13.5. The van der Waals surface area contributed by atoms with Gasteiger partial charge in [-0.15, -0.1) is 0 Å². The van der Waals surface area contributed by atoms with E-state index in [2.05, 4.69) is 5.32 Å². The number of hydrogen-bond acceptors (Lipinski definition) is 4. The van der Waals surface area contributed by atoms with Crippen LogP contribution in [0.3, 0.4) is 0 Å². The molecule has 0 saturated carbocycles. The molecule has 0 aliphatic rings. The molecule has 2 rings (SSSR count). The summed E-state index contributed by atoms with van der Waals surface area (Å²) in [6.45, 7) is 6.19. The van der Waals surface area contributed by atoms with Crippen molar-refractivity contribution in [1.29, 1.82) is 0 Å². The van der Waals surface area contributed by atoms with Crippen LogP contribution in [0.25, 0.3) is 0 Å². The number of hydrogen-bond donors (Lipinski definition) is 1. The summed E-state index contributed by atoms with van der Waals surface area (Å²) in [4.78, 5) is 27.8. The van der Waals surface area contributed by atoms with Gasteiger partial charge in [-0.05, 0) is 56.9 Å². The van der Waals surface area contributed by atoms with E-state index in [0.29, 0.717) is 36.5 Å². The summed E-state index contributed by atoms with van der Waals surface area (Å²) in [6.07, 6.45) is 2.66. The number of nitrogens with zero attached hydrogens (tertiary/aromatic N) is 2. The Morgan fingerprint density at radius 2 is 1.71 bits per heavy atom. The maximum atomic E-state index is 13.3. The van der Waals surface area contributed by atoms with Crippen LogP contribution in [0.4, 0.5) is 5.69 Å². The number of rotatable bonds is 13. The first kappa shape index (κ1) is 28.7. The molecule has 35 heavy (non-hydrogen) atoms. The third-order valence-electron chi connectivity index (χ3n) is 5.55. The van der Waals surface area contributed by atoms with Gasteiger partial charge in [0.2, 0.25) is 21.8 Å². The highest BCUT2D eigenvalue weighted by molar-refractivity contribution is 7.92. The van der Waals surface area contributed by atoms with Crippen molar-refractivity contribution in [2.24, 2.45) is 0 Å². The summed E-state index contributed by atoms with van der Waals surface area (Å²) in [7, 11) is -3.56. The molecule has 0 spiro atoms. The number of nitrogens with one attached hydrogen (secondary N) is 1. The predicted octanol–water partition coefficient (Wildman–Crippen LogP) is 4.26. The lowest BCUT2D eigenvalue weighted by Crippen LogP contribution is -2.51. The molecule has 2 amide bonds. The van der Waals surface area contributed by atoms with Gasteiger partial charge in [0.15, 0.2) is 0 Å². The molecule has 0 aliphatic carbocycles. The summed E-state index contributed by atoms with van der Waals surface area (Å²) in [5.74, 6) is -0.355. The van der Waals surface area contributed by atoms with Gasteiger partial charge in [0.05, 0.1) is 11.9 Å². The van der Waals surface area contributed by atoms with Gasteiger partial charge >= 0.3 is 0 Å². The third kappa shape index (κ3) is 9.18. The Morgan fingerprint density at radius 3 is 2.29 bits per heavy atom. The molecule has 0 aliphatic heterocycles. The molecule has 192 valence electrons. The second-order valence-corrected chi connectivity index (χ2v) is 11.2. The lowest BCUT2D eigenvalue weighted by Gasteiger charge is -2.31. The van der Waals surface area contributed by atoms with Gasteiger partial charge in [-0.1, -0.05) is 54.9 Å².